The Morgan fingerprint density at radius 2 is 2.08 bits per heavy atom. The SMILES string of the molecule is CCSC(=O)C(=NOC)C(C)=O. The molecule has 0 bridgehead atoms. The maximum atomic E-state index is 11.1. The van der Waals surface area contributed by atoms with Crippen LogP contribution >= 0.6 is 11.8 Å². The first-order valence-corrected chi connectivity index (χ1v) is 4.41. The molecule has 0 aliphatic heterocycles. The first-order valence-electron chi connectivity index (χ1n) is 3.42. The number of Topliss-reactive ketones (excluding diaryl/α,β-unsaturated/α-hetero) is 1. The second-order valence-electron chi connectivity index (χ2n) is 1.90. The molecular weight excluding hydrogens is 178 g/mol. The Morgan fingerprint density at radius 1 is 1.50 bits per heavy atom. The fraction of sp³-hybridized carbons (Fsp3) is 0.571. The largest absolute Gasteiger partial charge is 0.398 e. The highest BCUT2D eigenvalue weighted by Crippen LogP contribution is 2.03. The Morgan fingerprint density at radius 3 is 2.42 bits per heavy atom. The maximum absolute atomic E-state index is 11.1. The minimum atomic E-state index is -0.372. The normalized spacial score (nSPS) is 11.1. The van der Waals surface area contributed by atoms with Crippen LogP contribution in [0.3, 0.4) is 0 Å². The summed E-state index contributed by atoms with van der Waals surface area (Å²) in [6, 6.07) is 0. The van der Waals surface area contributed by atoms with Gasteiger partial charge in [-0.2, -0.15) is 0 Å². The van der Waals surface area contributed by atoms with Gasteiger partial charge < -0.3 is 4.84 Å². The minimum Gasteiger partial charge on any atom is -0.398 e. The monoisotopic (exact) mass is 189 g/mol. The predicted molar refractivity (Wildman–Crippen MR) is 48.3 cm³/mol. The van der Waals surface area contributed by atoms with Crippen molar-refractivity contribution >= 4 is 28.4 Å². The molecule has 0 unspecified atom stereocenters. The zero-order valence-corrected chi connectivity index (χ0v) is 8.10. The van der Waals surface area contributed by atoms with Crippen LogP contribution in [0, 0.1) is 0 Å². The highest BCUT2D eigenvalue weighted by atomic mass is 32.2. The van der Waals surface area contributed by atoms with E-state index in [1.54, 1.807) is 0 Å². The average molecular weight is 189 g/mol. The summed E-state index contributed by atoms with van der Waals surface area (Å²) < 4.78 is 0. The second-order valence-corrected chi connectivity index (χ2v) is 3.14. The van der Waals surface area contributed by atoms with Crippen LogP contribution in [0.25, 0.3) is 0 Å². The standard InChI is InChI=1S/C7H11NO3S/c1-4-12-7(10)6(5(2)9)8-11-3/h4H2,1-3H3. The molecule has 0 heterocycles. The van der Waals surface area contributed by atoms with Crippen molar-refractivity contribution in [3.8, 4) is 0 Å². The summed E-state index contributed by atoms with van der Waals surface area (Å²) in [4.78, 5) is 26.3. The number of rotatable bonds is 4. The van der Waals surface area contributed by atoms with Crippen LogP contribution in [-0.4, -0.2) is 29.5 Å². The summed E-state index contributed by atoms with van der Waals surface area (Å²) in [5, 5.41) is 3.00. The van der Waals surface area contributed by atoms with Crippen molar-refractivity contribution in [2.45, 2.75) is 13.8 Å². The average Bonchev–Trinajstić information content (AvgIpc) is 1.99. The van der Waals surface area contributed by atoms with Crippen molar-refractivity contribution in [2.75, 3.05) is 12.9 Å². The van der Waals surface area contributed by atoms with Crippen LogP contribution in [0.15, 0.2) is 5.16 Å². The Kier molecular flexibility index (Phi) is 5.36. The molecule has 0 aliphatic rings. The van der Waals surface area contributed by atoms with E-state index in [0.717, 1.165) is 11.8 Å². The minimum absolute atomic E-state index is 0.135. The molecule has 0 atom stereocenters. The van der Waals surface area contributed by atoms with E-state index in [1.807, 2.05) is 6.92 Å². The van der Waals surface area contributed by atoms with E-state index in [0.29, 0.717) is 5.75 Å². The summed E-state index contributed by atoms with van der Waals surface area (Å²) in [6.07, 6.45) is 0. The summed E-state index contributed by atoms with van der Waals surface area (Å²) in [5.41, 5.74) is -0.135. The lowest BCUT2D eigenvalue weighted by Gasteiger charge is -1.97. The number of oxime groups is 1. The predicted octanol–water partition coefficient (Wildman–Crippen LogP) is 0.857. The molecule has 0 amide bonds. The van der Waals surface area contributed by atoms with Crippen molar-refractivity contribution in [2.24, 2.45) is 5.16 Å². The highest BCUT2D eigenvalue weighted by Gasteiger charge is 2.16. The number of hydrogen-bond acceptors (Lipinski definition) is 5. The van der Waals surface area contributed by atoms with Crippen LogP contribution in [0.1, 0.15) is 13.8 Å². The molecule has 0 aromatic carbocycles. The maximum Gasteiger partial charge on any atom is 0.244 e. The number of hydrogen-bond donors (Lipinski definition) is 0. The van der Waals surface area contributed by atoms with E-state index in [4.69, 9.17) is 0 Å². The molecule has 0 N–H and O–H groups in total. The number of nitrogens with zero attached hydrogens (tertiary/aromatic N) is 1. The molecular formula is C7H11NO3S. The number of thioether (sulfide) groups is 1. The van der Waals surface area contributed by atoms with Crippen molar-refractivity contribution < 1.29 is 14.4 Å². The van der Waals surface area contributed by atoms with Crippen molar-refractivity contribution in [1.29, 1.82) is 0 Å². The molecule has 0 spiro atoms. The molecule has 0 rings (SSSR count). The lowest BCUT2D eigenvalue weighted by atomic mass is 10.3. The van der Waals surface area contributed by atoms with Gasteiger partial charge >= 0.3 is 0 Å². The van der Waals surface area contributed by atoms with Gasteiger partial charge in [0.15, 0.2) is 11.5 Å². The van der Waals surface area contributed by atoms with Gasteiger partial charge in [0.25, 0.3) is 0 Å². The molecule has 68 valence electrons. The van der Waals surface area contributed by atoms with Crippen LogP contribution < -0.4 is 0 Å². The van der Waals surface area contributed by atoms with Crippen LogP contribution in [-0.2, 0) is 14.4 Å². The van der Waals surface area contributed by atoms with Crippen LogP contribution in [0.5, 0.6) is 0 Å². The summed E-state index contributed by atoms with van der Waals surface area (Å²) in [7, 11) is 1.30. The van der Waals surface area contributed by atoms with Gasteiger partial charge in [-0.25, -0.2) is 0 Å². The van der Waals surface area contributed by atoms with Crippen LogP contribution in [0.2, 0.25) is 0 Å². The van der Waals surface area contributed by atoms with Gasteiger partial charge in [0.2, 0.25) is 5.12 Å². The zero-order chi connectivity index (χ0) is 9.56. The quantitative estimate of drug-likeness (QED) is 0.374. The molecule has 0 aromatic heterocycles. The lowest BCUT2D eigenvalue weighted by molar-refractivity contribution is -0.113. The molecule has 0 aromatic rings. The molecule has 4 nitrogen and oxygen atoms in total. The topological polar surface area (TPSA) is 55.7 Å². The van der Waals surface area contributed by atoms with Gasteiger partial charge in [0, 0.05) is 6.92 Å². The van der Waals surface area contributed by atoms with E-state index in [1.165, 1.54) is 14.0 Å². The van der Waals surface area contributed by atoms with E-state index in [2.05, 4.69) is 9.99 Å². The number of carbonyl (C=O) groups excluding carboxylic acids is 2. The van der Waals surface area contributed by atoms with Crippen molar-refractivity contribution in [1.82, 2.24) is 0 Å². The zero-order valence-electron chi connectivity index (χ0n) is 7.29. The second kappa shape index (κ2) is 5.77. The van der Waals surface area contributed by atoms with Crippen molar-refractivity contribution in [3.63, 3.8) is 0 Å². The fourth-order valence-electron chi connectivity index (χ4n) is 0.536. The van der Waals surface area contributed by atoms with Gasteiger partial charge in [0.05, 0.1) is 0 Å². The molecule has 12 heavy (non-hydrogen) atoms. The van der Waals surface area contributed by atoms with Gasteiger partial charge in [0.1, 0.15) is 7.11 Å². The van der Waals surface area contributed by atoms with Gasteiger partial charge in [-0.1, -0.05) is 23.8 Å². The number of ketones is 1. The summed E-state index contributed by atoms with van der Waals surface area (Å²) in [5.74, 6) is 0.247. The third-order valence-electron chi connectivity index (χ3n) is 0.985. The molecule has 0 aliphatic carbocycles. The number of carbonyl (C=O) groups is 2. The van der Waals surface area contributed by atoms with Crippen molar-refractivity contribution in [3.05, 3.63) is 0 Å². The fourth-order valence-corrected chi connectivity index (χ4v) is 1.12. The molecule has 5 heteroatoms. The third-order valence-corrected chi connectivity index (χ3v) is 1.73. The highest BCUT2D eigenvalue weighted by molar-refractivity contribution is 8.15. The Hall–Kier alpha value is -0.840. The summed E-state index contributed by atoms with van der Waals surface area (Å²) in [6.45, 7) is 3.11. The van der Waals surface area contributed by atoms with E-state index in [-0.39, 0.29) is 16.6 Å². The molecule has 0 radical (unpaired) electrons. The lowest BCUT2D eigenvalue weighted by Crippen LogP contribution is -2.19. The van der Waals surface area contributed by atoms with Gasteiger partial charge in [-0.05, 0) is 5.75 Å². The molecule has 0 fully saturated rings. The third kappa shape index (κ3) is 3.52. The first-order chi connectivity index (χ1) is 5.63. The van der Waals surface area contributed by atoms with Gasteiger partial charge in [-0.15, -0.1) is 0 Å². The Balaban J connectivity index is 4.41. The van der Waals surface area contributed by atoms with Gasteiger partial charge in [-0.3, -0.25) is 9.59 Å². The van der Waals surface area contributed by atoms with E-state index < -0.39 is 0 Å². The first kappa shape index (κ1) is 11.2. The molecule has 0 saturated carbocycles. The smallest absolute Gasteiger partial charge is 0.244 e. The Labute approximate surface area is 75.3 Å². The van der Waals surface area contributed by atoms with E-state index in [9.17, 15) is 9.59 Å². The molecule has 0 saturated heterocycles. The van der Waals surface area contributed by atoms with Crippen LogP contribution in [0.4, 0.5) is 0 Å². The van der Waals surface area contributed by atoms with E-state index >= 15 is 0 Å². The Bertz CT molecular complexity index is 213. The summed E-state index contributed by atoms with van der Waals surface area (Å²) >= 11 is 1.04.